The van der Waals surface area contributed by atoms with Crippen LogP contribution in [0.15, 0.2) is 24.3 Å². The van der Waals surface area contributed by atoms with E-state index in [9.17, 15) is 0 Å². The fourth-order valence-corrected chi connectivity index (χ4v) is 3.26. The maximum absolute atomic E-state index is 5.90. The molecule has 1 aliphatic carbocycles. The average molecular weight is 247 g/mol. The van der Waals surface area contributed by atoms with Gasteiger partial charge in [0.15, 0.2) is 0 Å². The van der Waals surface area contributed by atoms with Crippen LogP contribution in [0.25, 0.3) is 0 Å². The second kappa shape index (κ2) is 5.85. The summed E-state index contributed by atoms with van der Waals surface area (Å²) in [6.45, 7) is 2.19. The zero-order valence-electron chi connectivity index (χ0n) is 11.8. The van der Waals surface area contributed by atoms with Crippen molar-refractivity contribution in [3.63, 3.8) is 0 Å². The molecule has 0 amide bonds. The maximum atomic E-state index is 5.90. The molecule has 1 aliphatic rings. The van der Waals surface area contributed by atoms with E-state index in [0.29, 0.717) is 6.04 Å². The summed E-state index contributed by atoms with van der Waals surface area (Å²) in [5.74, 6) is 0. The van der Waals surface area contributed by atoms with E-state index in [2.05, 4.69) is 36.5 Å². The Morgan fingerprint density at radius 3 is 2.28 bits per heavy atom. The Morgan fingerprint density at radius 2 is 1.83 bits per heavy atom. The fourth-order valence-electron chi connectivity index (χ4n) is 3.26. The molecule has 2 nitrogen and oxygen atoms in total. The molecule has 0 spiro atoms. The zero-order chi connectivity index (χ0) is 13.0. The van der Waals surface area contributed by atoms with E-state index in [0.717, 1.165) is 19.3 Å². The van der Waals surface area contributed by atoms with Crippen LogP contribution in [-0.2, 0) is 11.2 Å². The van der Waals surface area contributed by atoms with Crippen molar-refractivity contribution in [3.05, 3.63) is 35.4 Å². The van der Waals surface area contributed by atoms with E-state index >= 15 is 0 Å². The highest BCUT2D eigenvalue weighted by Crippen LogP contribution is 2.42. The summed E-state index contributed by atoms with van der Waals surface area (Å²) in [6.07, 6.45) is 5.97. The zero-order valence-corrected chi connectivity index (χ0v) is 11.8. The lowest BCUT2D eigenvalue weighted by Gasteiger charge is -2.36. The third kappa shape index (κ3) is 2.45. The van der Waals surface area contributed by atoms with Crippen LogP contribution in [0.5, 0.6) is 0 Å². The molecule has 18 heavy (non-hydrogen) atoms. The summed E-state index contributed by atoms with van der Waals surface area (Å²) in [6, 6.07) is 9.27. The molecule has 2 heteroatoms. The number of methoxy groups -OCH3 is 1. The Bertz CT molecular complexity index is 365. The SMILES string of the molecule is CCc1ccc(C(NC)C2(OC)CCCC2)cc1. The first-order chi connectivity index (χ1) is 8.75. The monoisotopic (exact) mass is 247 g/mol. The molecule has 1 fully saturated rings. The van der Waals surface area contributed by atoms with Gasteiger partial charge in [-0.15, -0.1) is 0 Å². The number of nitrogens with one attached hydrogen (secondary N) is 1. The fraction of sp³-hybridized carbons (Fsp3) is 0.625. The highest BCUT2D eigenvalue weighted by molar-refractivity contribution is 5.27. The van der Waals surface area contributed by atoms with E-state index in [1.54, 1.807) is 0 Å². The van der Waals surface area contributed by atoms with E-state index in [1.807, 2.05) is 14.2 Å². The number of rotatable bonds is 5. The third-order valence-corrected chi connectivity index (χ3v) is 4.39. The smallest absolute Gasteiger partial charge is 0.0872 e. The van der Waals surface area contributed by atoms with Gasteiger partial charge in [-0.3, -0.25) is 0 Å². The van der Waals surface area contributed by atoms with E-state index in [-0.39, 0.29) is 5.60 Å². The quantitative estimate of drug-likeness (QED) is 0.860. The molecule has 100 valence electrons. The molecule has 0 aliphatic heterocycles. The summed E-state index contributed by atoms with van der Waals surface area (Å²) in [4.78, 5) is 0. The van der Waals surface area contributed by atoms with Crippen molar-refractivity contribution in [1.29, 1.82) is 0 Å². The first kappa shape index (κ1) is 13.6. The molecule has 1 N–H and O–H groups in total. The van der Waals surface area contributed by atoms with Crippen molar-refractivity contribution >= 4 is 0 Å². The standard InChI is InChI=1S/C16H25NO/c1-4-13-7-9-14(10-8-13)15(17-2)16(18-3)11-5-6-12-16/h7-10,15,17H,4-6,11-12H2,1-3H3. The Hall–Kier alpha value is -0.860. The van der Waals surface area contributed by atoms with E-state index in [4.69, 9.17) is 4.74 Å². The first-order valence-corrected chi connectivity index (χ1v) is 7.07. The minimum atomic E-state index is -0.0114. The van der Waals surface area contributed by atoms with Crippen molar-refractivity contribution in [2.24, 2.45) is 0 Å². The van der Waals surface area contributed by atoms with Gasteiger partial charge < -0.3 is 10.1 Å². The van der Waals surface area contributed by atoms with Gasteiger partial charge in [-0.2, -0.15) is 0 Å². The van der Waals surface area contributed by atoms with Gasteiger partial charge in [0.1, 0.15) is 0 Å². The van der Waals surface area contributed by atoms with Crippen LogP contribution in [0.2, 0.25) is 0 Å². The van der Waals surface area contributed by atoms with Crippen LogP contribution >= 0.6 is 0 Å². The molecular formula is C16H25NO. The highest BCUT2D eigenvalue weighted by Gasteiger charge is 2.41. The van der Waals surface area contributed by atoms with Gasteiger partial charge in [0, 0.05) is 7.11 Å². The van der Waals surface area contributed by atoms with Gasteiger partial charge in [0.25, 0.3) is 0 Å². The predicted octanol–water partition coefficient (Wildman–Crippen LogP) is 3.47. The molecular weight excluding hydrogens is 222 g/mol. The summed E-state index contributed by atoms with van der Waals surface area (Å²) in [5.41, 5.74) is 2.73. The van der Waals surface area contributed by atoms with Crippen LogP contribution in [0.1, 0.15) is 49.8 Å². The van der Waals surface area contributed by atoms with Crippen LogP contribution in [0.3, 0.4) is 0 Å². The highest BCUT2D eigenvalue weighted by atomic mass is 16.5. The summed E-state index contributed by atoms with van der Waals surface area (Å²) in [7, 11) is 3.90. The van der Waals surface area contributed by atoms with Crippen molar-refractivity contribution < 1.29 is 4.74 Å². The third-order valence-electron chi connectivity index (χ3n) is 4.39. The Balaban J connectivity index is 2.26. The second-order valence-electron chi connectivity index (χ2n) is 5.29. The van der Waals surface area contributed by atoms with Crippen molar-refractivity contribution in [2.45, 2.75) is 50.7 Å². The number of hydrogen-bond acceptors (Lipinski definition) is 2. The lowest BCUT2D eigenvalue weighted by atomic mass is 9.86. The van der Waals surface area contributed by atoms with Crippen molar-refractivity contribution in [1.82, 2.24) is 5.32 Å². The number of likely N-dealkylation sites (N-methyl/N-ethyl adjacent to an activating group) is 1. The minimum absolute atomic E-state index is 0.0114. The molecule has 0 saturated heterocycles. The second-order valence-corrected chi connectivity index (χ2v) is 5.29. The maximum Gasteiger partial charge on any atom is 0.0872 e. The van der Waals surface area contributed by atoms with E-state index in [1.165, 1.54) is 24.0 Å². The van der Waals surface area contributed by atoms with Crippen molar-refractivity contribution in [3.8, 4) is 0 Å². The molecule has 1 saturated carbocycles. The topological polar surface area (TPSA) is 21.3 Å². The number of benzene rings is 1. The molecule has 1 unspecified atom stereocenters. The molecule has 2 rings (SSSR count). The molecule has 0 bridgehead atoms. The lowest BCUT2D eigenvalue weighted by Crippen LogP contribution is -2.42. The molecule has 0 heterocycles. The van der Waals surface area contributed by atoms with Gasteiger partial charge in [-0.25, -0.2) is 0 Å². The Morgan fingerprint density at radius 1 is 1.22 bits per heavy atom. The van der Waals surface area contributed by atoms with Gasteiger partial charge in [-0.1, -0.05) is 44.0 Å². The predicted molar refractivity (Wildman–Crippen MR) is 75.8 cm³/mol. The molecule has 1 aromatic rings. The summed E-state index contributed by atoms with van der Waals surface area (Å²) in [5, 5.41) is 3.46. The molecule has 1 atom stereocenters. The average Bonchev–Trinajstić information content (AvgIpc) is 2.90. The molecule has 0 radical (unpaired) electrons. The number of aryl methyl sites for hydroxylation is 1. The Labute approximate surface area is 111 Å². The van der Waals surface area contributed by atoms with Crippen LogP contribution in [-0.4, -0.2) is 19.8 Å². The first-order valence-electron chi connectivity index (χ1n) is 7.07. The van der Waals surface area contributed by atoms with Crippen LogP contribution < -0.4 is 5.32 Å². The van der Waals surface area contributed by atoms with Gasteiger partial charge in [0.05, 0.1) is 11.6 Å². The normalized spacial score (nSPS) is 19.9. The molecule has 0 aromatic heterocycles. The van der Waals surface area contributed by atoms with Crippen LogP contribution in [0.4, 0.5) is 0 Å². The van der Waals surface area contributed by atoms with Crippen LogP contribution in [0, 0.1) is 0 Å². The largest absolute Gasteiger partial charge is 0.376 e. The lowest BCUT2D eigenvalue weighted by molar-refractivity contribution is -0.0349. The minimum Gasteiger partial charge on any atom is -0.376 e. The summed E-state index contributed by atoms with van der Waals surface area (Å²) >= 11 is 0. The number of hydrogen-bond donors (Lipinski definition) is 1. The van der Waals surface area contributed by atoms with Gasteiger partial charge >= 0.3 is 0 Å². The summed E-state index contributed by atoms with van der Waals surface area (Å²) < 4.78 is 5.90. The van der Waals surface area contributed by atoms with Gasteiger partial charge in [0.2, 0.25) is 0 Å². The van der Waals surface area contributed by atoms with Crippen molar-refractivity contribution in [2.75, 3.05) is 14.2 Å². The van der Waals surface area contributed by atoms with Gasteiger partial charge in [-0.05, 0) is 37.4 Å². The molecule has 1 aromatic carbocycles. The Kier molecular flexibility index (Phi) is 4.41. The number of ether oxygens (including phenoxy) is 1. The van der Waals surface area contributed by atoms with E-state index < -0.39 is 0 Å².